The summed E-state index contributed by atoms with van der Waals surface area (Å²) in [5.41, 5.74) is 6.48. The molecule has 3 rings (SSSR count). The third-order valence-corrected chi connectivity index (χ3v) is 5.52. The van der Waals surface area contributed by atoms with Crippen molar-refractivity contribution < 1.29 is 9.59 Å². The van der Waals surface area contributed by atoms with E-state index in [1.165, 1.54) is 0 Å². The number of piperidine rings is 1. The van der Waals surface area contributed by atoms with Crippen LogP contribution in [0.1, 0.15) is 32.1 Å². The van der Waals surface area contributed by atoms with E-state index >= 15 is 0 Å². The normalized spacial score (nSPS) is 27.3. The molecule has 3 N–H and O–H groups in total. The zero-order chi connectivity index (χ0) is 17.1. The molecule has 0 spiro atoms. The lowest BCUT2D eigenvalue weighted by Gasteiger charge is -2.34. The van der Waals surface area contributed by atoms with Crippen LogP contribution in [-0.2, 0) is 9.59 Å². The molecule has 24 heavy (non-hydrogen) atoms. The highest BCUT2D eigenvalue weighted by molar-refractivity contribution is 6.33. The molecule has 130 valence electrons. The number of nitrogens with one attached hydrogen (secondary N) is 1. The summed E-state index contributed by atoms with van der Waals surface area (Å²) < 4.78 is 0. The maximum atomic E-state index is 12.8. The van der Waals surface area contributed by atoms with E-state index in [0.29, 0.717) is 30.2 Å². The van der Waals surface area contributed by atoms with Crippen LogP contribution in [0, 0.1) is 11.8 Å². The van der Waals surface area contributed by atoms with Crippen LogP contribution in [-0.4, -0.2) is 30.9 Å². The van der Waals surface area contributed by atoms with Crippen molar-refractivity contribution in [3.05, 3.63) is 29.3 Å². The van der Waals surface area contributed by atoms with E-state index in [0.717, 1.165) is 25.7 Å². The molecule has 1 aliphatic carbocycles. The number of benzene rings is 1. The van der Waals surface area contributed by atoms with Gasteiger partial charge in [-0.05, 0) is 50.3 Å². The number of halogens is 1. The number of amides is 2. The highest BCUT2D eigenvalue weighted by Crippen LogP contribution is 2.32. The molecular formula is C18H24ClN3O2. The summed E-state index contributed by atoms with van der Waals surface area (Å²) in [5, 5.41) is 3.52. The second-order valence-electron chi connectivity index (χ2n) is 6.68. The van der Waals surface area contributed by atoms with Crippen LogP contribution in [0.5, 0.6) is 0 Å². The molecule has 0 bridgehead atoms. The summed E-state index contributed by atoms with van der Waals surface area (Å²) in [6, 6.07) is 6.84. The number of nitrogens with zero attached hydrogens (tertiary/aromatic N) is 1. The maximum absolute atomic E-state index is 12.8. The van der Waals surface area contributed by atoms with Gasteiger partial charge in [0.15, 0.2) is 0 Å². The quantitative estimate of drug-likeness (QED) is 0.876. The zero-order valence-corrected chi connectivity index (χ0v) is 14.5. The fourth-order valence-corrected chi connectivity index (χ4v) is 4.10. The van der Waals surface area contributed by atoms with Gasteiger partial charge in [0.05, 0.1) is 10.7 Å². The standard InChI is InChI=1S/C18H24ClN3O2/c19-14-7-1-2-9-16(14)22-10-4-8-15(18(22)24)21-17(23)13-6-3-5-12(13)11-20/h1-2,7,9,12-13,15H,3-6,8,10-11,20H2,(H,21,23)/t12-,13-,15?/m1/s1. The van der Waals surface area contributed by atoms with Gasteiger partial charge in [-0.2, -0.15) is 0 Å². The predicted molar refractivity (Wildman–Crippen MR) is 94.9 cm³/mol. The van der Waals surface area contributed by atoms with E-state index in [9.17, 15) is 9.59 Å². The van der Waals surface area contributed by atoms with Crippen molar-refractivity contribution in [2.75, 3.05) is 18.0 Å². The number of hydrogen-bond donors (Lipinski definition) is 2. The number of hydrogen-bond acceptors (Lipinski definition) is 3. The Labute approximate surface area is 147 Å². The number of rotatable bonds is 4. The first kappa shape index (κ1) is 17.2. The Morgan fingerprint density at radius 1 is 1.25 bits per heavy atom. The molecule has 0 radical (unpaired) electrons. The van der Waals surface area contributed by atoms with Crippen LogP contribution >= 0.6 is 11.6 Å². The molecule has 2 amide bonds. The van der Waals surface area contributed by atoms with Crippen molar-refractivity contribution in [1.82, 2.24) is 5.32 Å². The highest BCUT2D eigenvalue weighted by atomic mass is 35.5. The summed E-state index contributed by atoms with van der Waals surface area (Å²) in [6.45, 7) is 1.16. The first-order valence-electron chi connectivity index (χ1n) is 8.68. The predicted octanol–water partition coefficient (Wildman–Crippen LogP) is 2.33. The molecule has 2 aliphatic rings. The SMILES string of the molecule is NC[C@H]1CCC[C@H]1C(=O)NC1CCCN(c2ccccc2Cl)C1=O. The van der Waals surface area contributed by atoms with Gasteiger partial charge in [0.25, 0.3) is 0 Å². The minimum Gasteiger partial charge on any atom is -0.344 e. The van der Waals surface area contributed by atoms with Crippen LogP contribution in [0.25, 0.3) is 0 Å². The van der Waals surface area contributed by atoms with Crippen LogP contribution in [0.15, 0.2) is 24.3 Å². The number of carbonyl (C=O) groups is 2. The number of nitrogens with two attached hydrogens (primary N) is 1. The number of anilines is 1. The minimum absolute atomic E-state index is 0.0256. The fourth-order valence-electron chi connectivity index (χ4n) is 3.86. The molecule has 0 aromatic heterocycles. The van der Waals surface area contributed by atoms with Crippen LogP contribution in [0.3, 0.4) is 0 Å². The lowest BCUT2D eigenvalue weighted by molar-refractivity contribution is -0.131. The third kappa shape index (κ3) is 3.42. The van der Waals surface area contributed by atoms with Gasteiger partial charge in [0, 0.05) is 12.5 Å². The highest BCUT2D eigenvalue weighted by Gasteiger charge is 2.36. The lowest BCUT2D eigenvalue weighted by atomic mass is 9.94. The second kappa shape index (κ2) is 7.53. The summed E-state index contributed by atoms with van der Waals surface area (Å²) in [6.07, 6.45) is 4.41. The molecule has 1 saturated heterocycles. The smallest absolute Gasteiger partial charge is 0.249 e. The van der Waals surface area contributed by atoms with Crippen LogP contribution in [0.4, 0.5) is 5.69 Å². The van der Waals surface area contributed by atoms with Gasteiger partial charge in [-0.25, -0.2) is 0 Å². The van der Waals surface area contributed by atoms with Gasteiger partial charge in [-0.15, -0.1) is 0 Å². The van der Waals surface area contributed by atoms with Gasteiger partial charge in [0.1, 0.15) is 6.04 Å². The molecular weight excluding hydrogens is 326 g/mol. The zero-order valence-electron chi connectivity index (χ0n) is 13.7. The number of carbonyl (C=O) groups excluding carboxylic acids is 2. The molecule has 6 heteroatoms. The molecule has 1 saturated carbocycles. The third-order valence-electron chi connectivity index (χ3n) is 5.20. The van der Waals surface area contributed by atoms with E-state index in [2.05, 4.69) is 5.32 Å². The molecule has 2 fully saturated rings. The van der Waals surface area contributed by atoms with Crippen molar-refractivity contribution in [3.63, 3.8) is 0 Å². The monoisotopic (exact) mass is 349 g/mol. The maximum Gasteiger partial charge on any atom is 0.249 e. The molecule has 5 nitrogen and oxygen atoms in total. The first-order valence-corrected chi connectivity index (χ1v) is 9.06. The summed E-state index contributed by atoms with van der Waals surface area (Å²) >= 11 is 6.22. The van der Waals surface area contributed by atoms with Crippen molar-refractivity contribution in [3.8, 4) is 0 Å². The Kier molecular flexibility index (Phi) is 5.41. The Morgan fingerprint density at radius 2 is 2.04 bits per heavy atom. The molecule has 1 aromatic rings. The van der Waals surface area contributed by atoms with E-state index in [4.69, 9.17) is 17.3 Å². The van der Waals surface area contributed by atoms with E-state index in [-0.39, 0.29) is 23.7 Å². The Bertz CT molecular complexity index is 622. The Balaban J connectivity index is 1.69. The van der Waals surface area contributed by atoms with Gasteiger partial charge in [-0.1, -0.05) is 30.2 Å². The Morgan fingerprint density at radius 3 is 2.79 bits per heavy atom. The fraction of sp³-hybridized carbons (Fsp3) is 0.556. The van der Waals surface area contributed by atoms with E-state index in [1.54, 1.807) is 11.0 Å². The molecule has 1 heterocycles. The van der Waals surface area contributed by atoms with Gasteiger partial charge in [0.2, 0.25) is 11.8 Å². The van der Waals surface area contributed by atoms with Gasteiger partial charge < -0.3 is 16.0 Å². The first-order chi connectivity index (χ1) is 11.6. The lowest BCUT2D eigenvalue weighted by Crippen LogP contribution is -2.54. The van der Waals surface area contributed by atoms with E-state index < -0.39 is 6.04 Å². The largest absolute Gasteiger partial charge is 0.344 e. The molecule has 1 aliphatic heterocycles. The van der Waals surface area contributed by atoms with Crippen LogP contribution < -0.4 is 16.0 Å². The average molecular weight is 350 g/mol. The Hall–Kier alpha value is -1.59. The summed E-state index contributed by atoms with van der Waals surface area (Å²) in [7, 11) is 0. The molecule has 1 aromatic carbocycles. The average Bonchev–Trinajstić information content (AvgIpc) is 3.06. The molecule has 1 unspecified atom stereocenters. The van der Waals surface area contributed by atoms with Crippen LogP contribution in [0.2, 0.25) is 5.02 Å². The van der Waals surface area contributed by atoms with Crippen molar-refractivity contribution in [2.24, 2.45) is 17.6 Å². The minimum atomic E-state index is -0.471. The van der Waals surface area contributed by atoms with Gasteiger partial charge >= 0.3 is 0 Å². The van der Waals surface area contributed by atoms with Gasteiger partial charge in [-0.3, -0.25) is 9.59 Å². The van der Waals surface area contributed by atoms with Crippen molar-refractivity contribution in [1.29, 1.82) is 0 Å². The van der Waals surface area contributed by atoms with E-state index in [1.807, 2.05) is 18.2 Å². The number of para-hydroxylation sites is 1. The summed E-state index contributed by atoms with van der Waals surface area (Å²) in [4.78, 5) is 27.1. The summed E-state index contributed by atoms with van der Waals surface area (Å²) in [5.74, 6) is 0.0779. The van der Waals surface area contributed by atoms with Crippen molar-refractivity contribution >= 4 is 29.1 Å². The topological polar surface area (TPSA) is 75.4 Å². The molecule has 3 atom stereocenters. The van der Waals surface area contributed by atoms with Crippen molar-refractivity contribution in [2.45, 2.75) is 38.1 Å². The second-order valence-corrected chi connectivity index (χ2v) is 7.09.